The monoisotopic (exact) mass is 277 g/mol. The van der Waals surface area contributed by atoms with Crippen LogP contribution in [-0.4, -0.2) is 31.2 Å². The van der Waals surface area contributed by atoms with Gasteiger partial charge in [0.1, 0.15) is 0 Å². The minimum Gasteiger partial charge on any atom is -0.369 e. The van der Waals surface area contributed by atoms with Crippen LogP contribution < -0.4 is 10.2 Å². The molecule has 3 heteroatoms. The van der Waals surface area contributed by atoms with E-state index in [0.29, 0.717) is 0 Å². The van der Waals surface area contributed by atoms with E-state index < -0.39 is 0 Å². The van der Waals surface area contributed by atoms with E-state index >= 15 is 0 Å². The Morgan fingerprint density at radius 2 is 1.81 bits per heavy atom. The Balaban J connectivity index is 1.78. The summed E-state index contributed by atoms with van der Waals surface area (Å²) in [4.78, 5) is 6.71. The Hall–Kier alpha value is -2.31. The van der Waals surface area contributed by atoms with Gasteiger partial charge in [-0.2, -0.15) is 0 Å². The second kappa shape index (κ2) is 6.92. The van der Waals surface area contributed by atoms with Crippen molar-refractivity contribution < 1.29 is 0 Å². The Morgan fingerprint density at radius 1 is 0.952 bits per heavy atom. The summed E-state index contributed by atoms with van der Waals surface area (Å²) in [5.41, 5.74) is 3.16. The van der Waals surface area contributed by atoms with Crippen molar-refractivity contribution in [2.24, 2.45) is 0 Å². The normalized spacial score (nSPS) is 15.0. The quantitative estimate of drug-likeness (QED) is 0.811. The van der Waals surface area contributed by atoms with Gasteiger partial charge in [-0.05, 0) is 31.2 Å². The summed E-state index contributed by atoms with van der Waals surface area (Å²) in [7, 11) is 0. The van der Waals surface area contributed by atoms with E-state index in [1.807, 2.05) is 42.7 Å². The first-order valence-electron chi connectivity index (χ1n) is 7.39. The lowest BCUT2D eigenvalue weighted by Gasteiger charge is -2.21. The van der Waals surface area contributed by atoms with Crippen molar-refractivity contribution >= 4 is 5.69 Å². The molecule has 1 aromatic carbocycles. The van der Waals surface area contributed by atoms with Gasteiger partial charge in [0.25, 0.3) is 0 Å². The standard InChI is InChI=1S/C18H19N3/c1-2-5-16(6-3-1)7-8-17-13-18(15-20-14-17)21-11-4-9-19-10-12-21/h1-3,5-6,13-15,19H,4,9-12H2. The molecule has 106 valence electrons. The molecule has 1 aliphatic heterocycles. The number of hydrogen-bond acceptors (Lipinski definition) is 3. The van der Waals surface area contributed by atoms with Crippen molar-refractivity contribution in [3.8, 4) is 11.8 Å². The molecular formula is C18H19N3. The van der Waals surface area contributed by atoms with Crippen LogP contribution in [0.25, 0.3) is 0 Å². The smallest absolute Gasteiger partial charge is 0.0565 e. The lowest BCUT2D eigenvalue weighted by atomic mass is 10.2. The average Bonchev–Trinajstić information content (AvgIpc) is 2.83. The Bertz CT molecular complexity index is 632. The van der Waals surface area contributed by atoms with Crippen LogP contribution in [0, 0.1) is 11.8 Å². The van der Waals surface area contributed by atoms with Gasteiger partial charge in [0, 0.05) is 37.0 Å². The molecule has 1 N–H and O–H groups in total. The largest absolute Gasteiger partial charge is 0.369 e. The topological polar surface area (TPSA) is 28.2 Å². The maximum atomic E-state index is 4.34. The molecule has 2 heterocycles. The highest BCUT2D eigenvalue weighted by Crippen LogP contribution is 2.15. The first-order valence-corrected chi connectivity index (χ1v) is 7.39. The third-order valence-corrected chi connectivity index (χ3v) is 3.55. The SMILES string of the molecule is C(#Cc1cncc(N2CCCNCC2)c1)c1ccccc1. The van der Waals surface area contributed by atoms with E-state index in [4.69, 9.17) is 0 Å². The molecule has 0 spiro atoms. The van der Waals surface area contributed by atoms with Gasteiger partial charge >= 0.3 is 0 Å². The molecule has 1 aliphatic rings. The minimum absolute atomic E-state index is 0.966. The number of anilines is 1. The molecular weight excluding hydrogens is 258 g/mol. The van der Waals surface area contributed by atoms with Crippen molar-refractivity contribution in [1.29, 1.82) is 0 Å². The highest BCUT2D eigenvalue weighted by Gasteiger charge is 2.09. The fourth-order valence-electron chi connectivity index (χ4n) is 2.44. The lowest BCUT2D eigenvalue weighted by molar-refractivity contribution is 0.724. The van der Waals surface area contributed by atoms with Crippen LogP contribution in [-0.2, 0) is 0 Å². The molecule has 0 aliphatic carbocycles. The van der Waals surface area contributed by atoms with Crippen molar-refractivity contribution in [1.82, 2.24) is 10.3 Å². The number of aromatic nitrogens is 1. The van der Waals surface area contributed by atoms with Gasteiger partial charge in [0.05, 0.1) is 11.9 Å². The second-order valence-corrected chi connectivity index (χ2v) is 5.14. The van der Waals surface area contributed by atoms with Crippen LogP contribution >= 0.6 is 0 Å². The van der Waals surface area contributed by atoms with Gasteiger partial charge in [-0.25, -0.2) is 0 Å². The Kier molecular flexibility index (Phi) is 4.50. The van der Waals surface area contributed by atoms with Crippen LogP contribution in [0.3, 0.4) is 0 Å². The van der Waals surface area contributed by atoms with Gasteiger partial charge < -0.3 is 10.2 Å². The number of benzene rings is 1. The maximum absolute atomic E-state index is 4.34. The van der Waals surface area contributed by atoms with E-state index in [1.54, 1.807) is 0 Å². The Morgan fingerprint density at radius 3 is 2.71 bits per heavy atom. The summed E-state index contributed by atoms with van der Waals surface area (Å²) in [5.74, 6) is 6.38. The molecule has 1 aromatic heterocycles. The van der Waals surface area contributed by atoms with Crippen molar-refractivity contribution in [3.63, 3.8) is 0 Å². The second-order valence-electron chi connectivity index (χ2n) is 5.14. The van der Waals surface area contributed by atoms with E-state index in [2.05, 4.69) is 33.1 Å². The highest BCUT2D eigenvalue weighted by atomic mass is 15.2. The van der Waals surface area contributed by atoms with Crippen LogP contribution in [0.4, 0.5) is 5.69 Å². The highest BCUT2D eigenvalue weighted by molar-refractivity contribution is 5.51. The summed E-state index contributed by atoms with van der Waals surface area (Å²) in [6.45, 7) is 4.22. The predicted octanol–water partition coefficient (Wildman–Crippen LogP) is 2.28. The zero-order valence-electron chi connectivity index (χ0n) is 12.0. The number of rotatable bonds is 1. The third-order valence-electron chi connectivity index (χ3n) is 3.55. The van der Waals surface area contributed by atoms with Gasteiger partial charge in [0.2, 0.25) is 0 Å². The molecule has 3 nitrogen and oxygen atoms in total. The summed E-state index contributed by atoms with van der Waals surface area (Å²) in [5, 5.41) is 3.42. The molecule has 0 radical (unpaired) electrons. The van der Waals surface area contributed by atoms with Gasteiger partial charge in [0.15, 0.2) is 0 Å². The van der Waals surface area contributed by atoms with Crippen LogP contribution in [0.1, 0.15) is 17.5 Å². The molecule has 3 rings (SSSR count). The number of nitrogens with one attached hydrogen (secondary N) is 1. The van der Waals surface area contributed by atoms with E-state index in [9.17, 15) is 0 Å². The first-order chi connectivity index (χ1) is 10.4. The zero-order chi connectivity index (χ0) is 14.3. The third kappa shape index (κ3) is 3.84. The van der Waals surface area contributed by atoms with Crippen molar-refractivity contribution in [2.45, 2.75) is 6.42 Å². The molecule has 1 saturated heterocycles. The van der Waals surface area contributed by atoms with E-state index in [0.717, 1.165) is 37.3 Å². The number of pyridine rings is 1. The van der Waals surface area contributed by atoms with Gasteiger partial charge in [-0.1, -0.05) is 30.0 Å². The summed E-state index contributed by atoms with van der Waals surface area (Å²) in [6, 6.07) is 12.2. The number of nitrogens with zero attached hydrogens (tertiary/aromatic N) is 2. The molecule has 0 amide bonds. The van der Waals surface area contributed by atoms with Crippen LogP contribution in [0.2, 0.25) is 0 Å². The van der Waals surface area contributed by atoms with Gasteiger partial charge in [-0.15, -0.1) is 0 Å². The maximum Gasteiger partial charge on any atom is 0.0565 e. The lowest BCUT2D eigenvalue weighted by Crippen LogP contribution is -2.27. The molecule has 1 fully saturated rings. The van der Waals surface area contributed by atoms with Gasteiger partial charge in [-0.3, -0.25) is 4.98 Å². The van der Waals surface area contributed by atoms with Crippen molar-refractivity contribution in [3.05, 3.63) is 59.9 Å². The number of hydrogen-bond donors (Lipinski definition) is 1. The molecule has 0 saturated carbocycles. The van der Waals surface area contributed by atoms with E-state index in [-0.39, 0.29) is 0 Å². The Labute approximate surface area is 126 Å². The summed E-state index contributed by atoms with van der Waals surface area (Å²) >= 11 is 0. The van der Waals surface area contributed by atoms with Crippen molar-refractivity contribution in [2.75, 3.05) is 31.1 Å². The molecule has 2 aromatic rings. The van der Waals surface area contributed by atoms with Crippen LogP contribution in [0.15, 0.2) is 48.8 Å². The predicted molar refractivity (Wildman–Crippen MR) is 86.4 cm³/mol. The first kappa shape index (κ1) is 13.7. The summed E-state index contributed by atoms with van der Waals surface area (Å²) in [6.07, 6.45) is 4.93. The van der Waals surface area contributed by atoms with E-state index in [1.165, 1.54) is 12.1 Å². The summed E-state index contributed by atoms with van der Waals surface area (Å²) < 4.78 is 0. The molecule has 0 unspecified atom stereocenters. The zero-order valence-corrected chi connectivity index (χ0v) is 12.0. The minimum atomic E-state index is 0.966. The fourth-order valence-corrected chi connectivity index (χ4v) is 2.44. The average molecular weight is 277 g/mol. The molecule has 0 atom stereocenters. The molecule has 0 bridgehead atoms. The molecule has 21 heavy (non-hydrogen) atoms. The fraction of sp³-hybridized carbons (Fsp3) is 0.278. The van der Waals surface area contributed by atoms with Crippen LogP contribution in [0.5, 0.6) is 0 Å².